The zero-order valence-electron chi connectivity index (χ0n) is 19.9. The number of anilines is 1. The number of carbonyl (C=O) groups is 3. The molecule has 0 spiro atoms. The fourth-order valence-corrected chi connectivity index (χ4v) is 4.74. The summed E-state index contributed by atoms with van der Waals surface area (Å²) in [5.74, 6) is -2.22. The van der Waals surface area contributed by atoms with Gasteiger partial charge in [-0.25, -0.2) is 9.18 Å². The minimum Gasteiger partial charge on any atom is -0.490 e. The molecule has 2 amide bonds. The number of hydrogen-bond donors (Lipinski definition) is 2. The summed E-state index contributed by atoms with van der Waals surface area (Å²) in [6.45, 7) is 2.08. The van der Waals surface area contributed by atoms with Crippen LogP contribution in [0.5, 0.6) is 11.5 Å². The van der Waals surface area contributed by atoms with Crippen LogP contribution in [0.3, 0.4) is 0 Å². The molecule has 1 heterocycles. The van der Waals surface area contributed by atoms with Gasteiger partial charge in [-0.3, -0.25) is 19.8 Å². The first-order valence-corrected chi connectivity index (χ1v) is 12.8. The number of nitrogens with zero attached hydrogens (tertiary/aromatic N) is 1. The van der Waals surface area contributed by atoms with Crippen LogP contribution in [0.4, 0.5) is 10.1 Å². The van der Waals surface area contributed by atoms with Gasteiger partial charge in [-0.15, -0.1) is 0 Å². The van der Waals surface area contributed by atoms with Crippen LogP contribution in [0.25, 0.3) is 6.08 Å². The quantitative estimate of drug-likeness (QED) is 0.155. The van der Waals surface area contributed by atoms with E-state index in [-0.39, 0.29) is 34.4 Å². The second-order valence-electron chi connectivity index (χ2n) is 7.96. The SMILES string of the molecule is CCOc1cc(C=C2C(=O)NC(=S)N(c3cccc(C(=O)O)c3)C2=O)cc(I)c1OCc1ccccc1F. The number of benzene rings is 3. The lowest BCUT2D eigenvalue weighted by Crippen LogP contribution is -2.54. The first-order valence-electron chi connectivity index (χ1n) is 11.3. The number of rotatable bonds is 8. The van der Waals surface area contributed by atoms with Crippen LogP contribution in [0.15, 0.2) is 66.2 Å². The molecule has 2 N–H and O–H groups in total. The van der Waals surface area contributed by atoms with Gasteiger partial charge in [0.2, 0.25) is 0 Å². The highest BCUT2D eigenvalue weighted by Gasteiger charge is 2.35. The molecule has 0 aliphatic carbocycles. The van der Waals surface area contributed by atoms with Crippen LogP contribution in [0.2, 0.25) is 0 Å². The Morgan fingerprint density at radius 3 is 2.61 bits per heavy atom. The highest BCUT2D eigenvalue weighted by Crippen LogP contribution is 2.36. The van der Waals surface area contributed by atoms with E-state index in [1.54, 1.807) is 37.3 Å². The Balaban J connectivity index is 1.68. The molecule has 0 aromatic heterocycles. The number of carboxylic acids is 1. The van der Waals surface area contributed by atoms with Gasteiger partial charge in [0.25, 0.3) is 11.8 Å². The number of nitrogens with one attached hydrogen (secondary N) is 1. The number of amides is 2. The second kappa shape index (κ2) is 11.7. The molecule has 1 aliphatic rings. The van der Waals surface area contributed by atoms with Gasteiger partial charge in [-0.1, -0.05) is 24.3 Å². The summed E-state index contributed by atoms with van der Waals surface area (Å²) in [4.78, 5) is 38.5. The third-order valence-corrected chi connectivity index (χ3v) is 6.51. The first kappa shape index (κ1) is 27.2. The van der Waals surface area contributed by atoms with Crippen LogP contribution in [0.1, 0.15) is 28.4 Å². The Kier molecular flexibility index (Phi) is 8.37. The molecular weight excluding hydrogens is 626 g/mol. The van der Waals surface area contributed by atoms with Crippen LogP contribution in [-0.2, 0) is 16.2 Å². The predicted molar refractivity (Wildman–Crippen MR) is 151 cm³/mol. The molecule has 1 fully saturated rings. The van der Waals surface area contributed by atoms with Crippen molar-refractivity contribution in [1.29, 1.82) is 0 Å². The topological polar surface area (TPSA) is 105 Å². The lowest BCUT2D eigenvalue weighted by atomic mass is 10.1. The van der Waals surface area contributed by atoms with Crippen LogP contribution in [0, 0.1) is 9.39 Å². The highest BCUT2D eigenvalue weighted by molar-refractivity contribution is 14.1. The number of halogens is 2. The molecule has 8 nitrogen and oxygen atoms in total. The van der Waals surface area contributed by atoms with Crippen LogP contribution < -0.4 is 19.7 Å². The standard InChI is InChI=1S/C27H20FIN2O6S/c1-2-36-22-12-15(11-21(29)23(22)37-14-17-6-3-4-9-20(17)28)10-19-24(32)30-27(38)31(25(19)33)18-8-5-7-16(13-18)26(34)35/h3-13H,2,14H2,1H3,(H,34,35)(H,30,32,38). The Bertz CT molecular complexity index is 1490. The molecule has 0 bridgehead atoms. The van der Waals surface area contributed by atoms with Gasteiger partial charge in [0.15, 0.2) is 16.6 Å². The van der Waals surface area contributed by atoms with Gasteiger partial charge < -0.3 is 14.6 Å². The molecule has 3 aromatic rings. The number of thiocarbonyl (C=S) groups is 1. The molecule has 194 valence electrons. The van der Waals surface area contributed by atoms with E-state index in [2.05, 4.69) is 5.32 Å². The largest absolute Gasteiger partial charge is 0.490 e. The van der Waals surface area contributed by atoms with Gasteiger partial charge in [0, 0.05) is 5.56 Å². The molecule has 1 aliphatic heterocycles. The third-order valence-electron chi connectivity index (χ3n) is 5.43. The van der Waals surface area contributed by atoms with Gasteiger partial charge in [-0.05, 0) is 89.8 Å². The van der Waals surface area contributed by atoms with Crippen molar-refractivity contribution in [1.82, 2.24) is 5.32 Å². The molecule has 0 radical (unpaired) electrons. The summed E-state index contributed by atoms with van der Waals surface area (Å²) in [6, 6.07) is 15.2. The number of ether oxygens (including phenoxy) is 2. The van der Waals surface area contributed by atoms with Crippen LogP contribution >= 0.6 is 34.8 Å². The lowest BCUT2D eigenvalue weighted by molar-refractivity contribution is -0.122. The summed E-state index contributed by atoms with van der Waals surface area (Å²) in [6.07, 6.45) is 1.39. The molecule has 0 atom stereocenters. The first-order chi connectivity index (χ1) is 18.2. The number of carboxylic acid groups (broad SMARTS) is 1. The van der Waals surface area contributed by atoms with Crippen LogP contribution in [-0.4, -0.2) is 34.6 Å². The van der Waals surface area contributed by atoms with E-state index in [0.717, 1.165) is 4.90 Å². The van der Waals surface area contributed by atoms with E-state index in [1.807, 2.05) is 22.6 Å². The van der Waals surface area contributed by atoms with Gasteiger partial charge >= 0.3 is 5.97 Å². The molecule has 0 unspecified atom stereocenters. The van der Waals surface area contributed by atoms with Crippen molar-refractivity contribution >= 4 is 69.5 Å². The average molecular weight is 646 g/mol. The molecule has 11 heteroatoms. The van der Waals surface area contributed by atoms with E-state index in [9.17, 15) is 23.9 Å². The Labute approximate surface area is 236 Å². The zero-order valence-corrected chi connectivity index (χ0v) is 22.8. The summed E-state index contributed by atoms with van der Waals surface area (Å²) in [5, 5.41) is 11.6. The average Bonchev–Trinajstić information content (AvgIpc) is 2.87. The van der Waals surface area contributed by atoms with Gasteiger partial charge in [-0.2, -0.15) is 0 Å². The monoisotopic (exact) mass is 646 g/mol. The molecule has 4 rings (SSSR count). The van der Waals surface area contributed by atoms with Crippen molar-refractivity contribution in [3.8, 4) is 11.5 Å². The Hall–Kier alpha value is -3.84. The van der Waals surface area contributed by atoms with Crippen molar-refractivity contribution in [3.05, 3.63) is 92.3 Å². The Morgan fingerprint density at radius 1 is 1.13 bits per heavy atom. The third kappa shape index (κ3) is 5.83. The van der Waals surface area contributed by atoms with E-state index >= 15 is 0 Å². The summed E-state index contributed by atoms with van der Waals surface area (Å²) in [5.41, 5.74) is 0.804. The molecule has 38 heavy (non-hydrogen) atoms. The zero-order chi connectivity index (χ0) is 27.4. The fraction of sp³-hybridized carbons (Fsp3) is 0.111. The van der Waals surface area contributed by atoms with E-state index < -0.39 is 17.8 Å². The minimum absolute atomic E-state index is 0.0219. The lowest BCUT2D eigenvalue weighted by Gasteiger charge is -2.29. The highest BCUT2D eigenvalue weighted by atomic mass is 127. The maximum atomic E-state index is 14.1. The molecule has 0 saturated carbocycles. The van der Waals surface area contributed by atoms with Crippen molar-refractivity contribution in [3.63, 3.8) is 0 Å². The molecular formula is C27H20FIN2O6S. The predicted octanol–water partition coefficient (Wildman–Crippen LogP) is 4.94. The normalized spacial score (nSPS) is 14.4. The summed E-state index contributed by atoms with van der Waals surface area (Å²) in [7, 11) is 0. The van der Waals surface area contributed by atoms with Gasteiger partial charge in [0.05, 0.1) is 21.4 Å². The smallest absolute Gasteiger partial charge is 0.335 e. The van der Waals surface area contributed by atoms with Gasteiger partial charge in [0.1, 0.15) is 18.0 Å². The Morgan fingerprint density at radius 2 is 1.89 bits per heavy atom. The van der Waals surface area contributed by atoms with Crippen molar-refractivity contribution < 1.29 is 33.4 Å². The molecule has 3 aromatic carbocycles. The second-order valence-corrected chi connectivity index (χ2v) is 9.51. The maximum absolute atomic E-state index is 14.1. The number of carbonyl (C=O) groups excluding carboxylic acids is 2. The summed E-state index contributed by atoms with van der Waals surface area (Å²) >= 11 is 7.23. The molecule has 1 saturated heterocycles. The minimum atomic E-state index is -1.17. The maximum Gasteiger partial charge on any atom is 0.335 e. The van der Waals surface area contributed by atoms with E-state index in [0.29, 0.717) is 32.8 Å². The number of hydrogen-bond acceptors (Lipinski definition) is 6. The van der Waals surface area contributed by atoms with E-state index in [4.69, 9.17) is 21.7 Å². The van der Waals surface area contributed by atoms with E-state index in [1.165, 1.54) is 36.4 Å². The number of aromatic carboxylic acids is 1. The summed E-state index contributed by atoms with van der Waals surface area (Å²) < 4.78 is 26.3. The van der Waals surface area contributed by atoms with Crippen molar-refractivity contribution in [2.45, 2.75) is 13.5 Å². The van der Waals surface area contributed by atoms with Crippen molar-refractivity contribution in [2.24, 2.45) is 0 Å². The fourth-order valence-electron chi connectivity index (χ4n) is 3.68. The van der Waals surface area contributed by atoms with Crippen molar-refractivity contribution in [2.75, 3.05) is 11.5 Å².